The summed E-state index contributed by atoms with van der Waals surface area (Å²) in [5.41, 5.74) is 8.58. The maximum absolute atomic E-state index is 5.79. The van der Waals surface area contributed by atoms with E-state index >= 15 is 0 Å². The maximum Gasteiger partial charge on any atom is 0.157 e. The van der Waals surface area contributed by atoms with Crippen LogP contribution in [-0.2, 0) is 6.54 Å². The van der Waals surface area contributed by atoms with Crippen LogP contribution in [0.4, 0.5) is 11.5 Å². The SMILES string of the molecule is CN(Cc1cccc(N)c1)c1ccn2nccc2n1. The minimum Gasteiger partial charge on any atom is -0.399 e. The molecule has 0 aliphatic heterocycles. The van der Waals surface area contributed by atoms with Crippen molar-refractivity contribution >= 4 is 17.2 Å². The highest BCUT2D eigenvalue weighted by atomic mass is 15.3. The lowest BCUT2D eigenvalue weighted by Crippen LogP contribution is -2.18. The molecule has 1 aromatic carbocycles. The smallest absolute Gasteiger partial charge is 0.157 e. The molecule has 0 unspecified atom stereocenters. The maximum atomic E-state index is 5.79. The summed E-state index contributed by atoms with van der Waals surface area (Å²) < 4.78 is 1.75. The van der Waals surface area contributed by atoms with E-state index in [1.165, 1.54) is 0 Å². The highest BCUT2D eigenvalue weighted by Gasteiger charge is 2.05. The molecule has 0 aliphatic rings. The van der Waals surface area contributed by atoms with Gasteiger partial charge in [-0.2, -0.15) is 5.10 Å². The van der Waals surface area contributed by atoms with E-state index in [1.807, 2.05) is 43.6 Å². The van der Waals surface area contributed by atoms with Crippen LogP contribution < -0.4 is 10.6 Å². The highest BCUT2D eigenvalue weighted by Crippen LogP contribution is 2.15. The van der Waals surface area contributed by atoms with Gasteiger partial charge in [-0.05, 0) is 23.8 Å². The second-order valence-electron chi connectivity index (χ2n) is 4.52. The zero-order valence-corrected chi connectivity index (χ0v) is 10.7. The average Bonchev–Trinajstić information content (AvgIpc) is 2.85. The third-order valence-corrected chi connectivity index (χ3v) is 3.01. The lowest BCUT2D eigenvalue weighted by molar-refractivity contribution is 0.877. The van der Waals surface area contributed by atoms with E-state index in [1.54, 1.807) is 10.7 Å². The first-order valence-corrected chi connectivity index (χ1v) is 6.08. The fraction of sp³-hybridized carbons (Fsp3) is 0.143. The van der Waals surface area contributed by atoms with Gasteiger partial charge in [-0.25, -0.2) is 9.50 Å². The predicted molar refractivity (Wildman–Crippen MR) is 75.9 cm³/mol. The summed E-state index contributed by atoms with van der Waals surface area (Å²) in [5, 5.41) is 4.13. The molecule has 96 valence electrons. The first kappa shape index (κ1) is 11.5. The zero-order chi connectivity index (χ0) is 13.2. The van der Waals surface area contributed by atoms with Crippen LogP contribution in [-0.4, -0.2) is 21.6 Å². The molecule has 0 saturated heterocycles. The van der Waals surface area contributed by atoms with E-state index in [0.29, 0.717) is 0 Å². The van der Waals surface area contributed by atoms with Crippen molar-refractivity contribution < 1.29 is 0 Å². The van der Waals surface area contributed by atoms with Gasteiger partial charge in [-0.15, -0.1) is 0 Å². The fourth-order valence-electron chi connectivity index (χ4n) is 2.06. The second kappa shape index (κ2) is 4.61. The molecule has 0 amide bonds. The molecular weight excluding hydrogens is 238 g/mol. The van der Waals surface area contributed by atoms with Crippen molar-refractivity contribution in [2.45, 2.75) is 6.54 Å². The Bertz CT molecular complexity index is 704. The molecule has 0 fully saturated rings. The van der Waals surface area contributed by atoms with Crippen LogP contribution in [0.1, 0.15) is 5.56 Å². The van der Waals surface area contributed by atoms with Crippen LogP contribution in [0.5, 0.6) is 0 Å². The molecule has 19 heavy (non-hydrogen) atoms. The van der Waals surface area contributed by atoms with Gasteiger partial charge in [0.15, 0.2) is 5.65 Å². The number of nitrogen functional groups attached to an aromatic ring is 1. The number of rotatable bonds is 3. The molecule has 0 atom stereocenters. The van der Waals surface area contributed by atoms with Crippen molar-refractivity contribution in [1.82, 2.24) is 14.6 Å². The molecule has 5 heteroatoms. The number of fused-ring (bicyclic) bond motifs is 1. The van der Waals surface area contributed by atoms with Gasteiger partial charge in [-0.3, -0.25) is 0 Å². The number of hydrogen-bond donors (Lipinski definition) is 1. The number of hydrogen-bond acceptors (Lipinski definition) is 4. The number of nitrogens with zero attached hydrogens (tertiary/aromatic N) is 4. The summed E-state index contributed by atoms with van der Waals surface area (Å²) >= 11 is 0. The van der Waals surface area contributed by atoms with Crippen LogP contribution in [0.25, 0.3) is 5.65 Å². The molecule has 3 rings (SSSR count). The van der Waals surface area contributed by atoms with Crippen molar-refractivity contribution in [2.24, 2.45) is 0 Å². The summed E-state index contributed by atoms with van der Waals surface area (Å²) in [6, 6.07) is 11.7. The molecule has 0 radical (unpaired) electrons. The number of anilines is 2. The van der Waals surface area contributed by atoms with Crippen LogP contribution in [0, 0.1) is 0 Å². The zero-order valence-electron chi connectivity index (χ0n) is 10.7. The third-order valence-electron chi connectivity index (χ3n) is 3.01. The Kier molecular flexibility index (Phi) is 2.79. The molecule has 2 aromatic heterocycles. The van der Waals surface area contributed by atoms with E-state index < -0.39 is 0 Å². The summed E-state index contributed by atoms with van der Waals surface area (Å²) in [6.45, 7) is 0.766. The van der Waals surface area contributed by atoms with Crippen LogP contribution in [0.2, 0.25) is 0 Å². The predicted octanol–water partition coefficient (Wildman–Crippen LogP) is 1.95. The molecule has 0 saturated carbocycles. The van der Waals surface area contributed by atoms with E-state index in [0.717, 1.165) is 29.3 Å². The Morgan fingerprint density at radius 1 is 1.26 bits per heavy atom. The Hall–Kier alpha value is -2.56. The van der Waals surface area contributed by atoms with Crippen molar-refractivity contribution in [1.29, 1.82) is 0 Å². The summed E-state index contributed by atoms with van der Waals surface area (Å²) in [4.78, 5) is 6.63. The summed E-state index contributed by atoms with van der Waals surface area (Å²) in [5.74, 6) is 0.912. The molecule has 3 aromatic rings. The minimum atomic E-state index is 0.766. The van der Waals surface area contributed by atoms with E-state index in [2.05, 4.69) is 21.0 Å². The van der Waals surface area contributed by atoms with Crippen molar-refractivity contribution in [2.75, 3.05) is 17.7 Å². The number of nitrogens with two attached hydrogens (primary N) is 1. The van der Waals surface area contributed by atoms with Gasteiger partial charge < -0.3 is 10.6 Å². The minimum absolute atomic E-state index is 0.766. The largest absolute Gasteiger partial charge is 0.399 e. The Labute approximate surface area is 111 Å². The van der Waals surface area contributed by atoms with Crippen LogP contribution in [0.3, 0.4) is 0 Å². The lowest BCUT2D eigenvalue weighted by atomic mass is 10.2. The normalized spacial score (nSPS) is 10.8. The van der Waals surface area contributed by atoms with Gasteiger partial charge in [0.1, 0.15) is 5.82 Å². The van der Waals surface area contributed by atoms with Crippen molar-refractivity contribution in [3.8, 4) is 0 Å². The first-order valence-electron chi connectivity index (χ1n) is 6.08. The monoisotopic (exact) mass is 253 g/mol. The van der Waals surface area contributed by atoms with Gasteiger partial charge in [0.05, 0.1) is 6.20 Å². The summed E-state index contributed by atoms with van der Waals surface area (Å²) in [7, 11) is 2.01. The van der Waals surface area contributed by atoms with Gasteiger partial charge in [0.2, 0.25) is 0 Å². The van der Waals surface area contributed by atoms with Crippen LogP contribution >= 0.6 is 0 Å². The molecule has 0 bridgehead atoms. The average molecular weight is 253 g/mol. The van der Waals surface area contributed by atoms with Gasteiger partial charge >= 0.3 is 0 Å². The molecule has 2 heterocycles. The summed E-state index contributed by atoms with van der Waals surface area (Å²) in [6.07, 6.45) is 3.65. The quantitative estimate of drug-likeness (QED) is 0.725. The molecule has 2 N–H and O–H groups in total. The Balaban J connectivity index is 1.84. The third kappa shape index (κ3) is 2.35. The van der Waals surface area contributed by atoms with E-state index in [9.17, 15) is 0 Å². The standard InChI is InChI=1S/C14H15N5/c1-18(10-11-3-2-4-12(15)9-11)13-6-8-19-14(17-13)5-7-16-19/h2-9H,10,15H2,1H3. The van der Waals surface area contributed by atoms with Gasteiger partial charge in [-0.1, -0.05) is 12.1 Å². The van der Waals surface area contributed by atoms with Crippen molar-refractivity contribution in [3.63, 3.8) is 0 Å². The van der Waals surface area contributed by atoms with Gasteiger partial charge in [0, 0.05) is 31.5 Å². The molecule has 0 aliphatic carbocycles. The number of aromatic nitrogens is 3. The van der Waals surface area contributed by atoms with Gasteiger partial charge in [0.25, 0.3) is 0 Å². The molecule has 0 spiro atoms. The van der Waals surface area contributed by atoms with Crippen LogP contribution in [0.15, 0.2) is 48.8 Å². The fourth-order valence-corrected chi connectivity index (χ4v) is 2.06. The van der Waals surface area contributed by atoms with Crippen molar-refractivity contribution in [3.05, 3.63) is 54.4 Å². The Morgan fingerprint density at radius 2 is 2.16 bits per heavy atom. The first-order chi connectivity index (χ1) is 9.22. The Morgan fingerprint density at radius 3 is 3.00 bits per heavy atom. The lowest BCUT2D eigenvalue weighted by Gasteiger charge is -2.18. The highest BCUT2D eigenvalue weighted by molar-refractivity contribution is 5.48. The topological polar surface area (TPSA) is 59.5 Å². The van der Waals surface area contributed by atoms with E-state index in [-0.39, 0.29) is 0 Å². The number of benzene rings is 1. The molecular formula is C14H15N5. The molecule has 5 nitrogen and oxygen atoms in total. The second-order valence-corrected chi connectivity index (χ2v) is 4.52. The van der Waals surface area contributed by atoms with E-state index in [4.69, 9.17) is 5.73 Å².